The molecule has 4 amide bonds. The number of furan rings is 1. The van der Waals surface area contributed by atoms with E-state index in [4.69, 9.17) is 23.5 Å². The van der Waals surface area contributed by atoms with Crippen LogP contribution >= 0.6 is 0 Å². The quantitative estimate of drug-likeness (QED) is 0.0215. The highest BCUT2D eigenvalue weighted by Crippen LogP contribution is 2.30. The number of ether oxygens (including phenoxy) is 3. The molecule has 0 aliphatic heterocycles. The van der Waals surface area contributed by atoms with E-state index in [1.165, 1.54) is 32.2 Å². The van der Waals surface area contributed by atoms with Crippen LogP contribution in [0, 0.1) is 12.8 Å². The number of carbonyl (C=O) groups excluding carboxylic acids is 7. The van der Waals surface area contributed by atoms with Crippen LogP contribution in [0.2, 0.25) is 0 Å². The Morgan fingerprint density at radius 1 is 0.857 bits per heavy atom. The molecule has 3 aromatic carbocycles. The number of Topliss-reactive ketones (excluding diaryl/α,β-unsaturated/α-hetero) is 1. The van der Waals surface area contributed by atoms with Gasteiger partial charge in [-0.3, -0.25) is 24.0 Å². The minimum Gasteiger partial charge on any atom is -0.497 e. The van der Waals surface area contributed by atoms with Gasteiger partial charge in [-0.15, -0.1) is 0 Å². The molecule has 4 rings (SSSR count). The van der Waals surface area contributed by atoms with Gasteiger partial charge in [-0.25, -0.2) is 9.59 Å². The molecule has 0 aliphatic carbocycles. The molecular formula is C47H56N4O12. The third kappa shape index (κ3) is 14.0. The number of benzene rings is 3. The highest BCUT2D eigenvalue weighted by Gasteiger charge is 2.34. The van der Waals surface area contributed by atoms with Gasteiger partial charge in [0.25, 0.3) is 11.8 Å². The number of esters is 1. The number of aryl methyl sites for hydroxylation is 1. The fourth-order valence-electron chi connectivity index (χ4n) is 6.79. The zero-order valence-electron chi connectivity index (χ0n) is 36.5. The predicted molar refractivity (Wildman–Crippen MR) is 231 cm³/mol. The molecule has 16 heteroatoms. The SMILES string of the molecule is CCCCC[C@@H](C(=O)NCNC(=O)c1ccc(-c2ccc(C(=O)N[C@@H](CC(C)=O)C(=O)OCc3ccccc3)c(OCC)c2)o1)[C@@H](CC)N(C=O)OC(=O)c1ccc(OC)cc1C. The fourth-order valence-corrected chi connectivity index (χ4v) is 6.79. The average Bonchev–Trinajstić information content (AvgIpc) is 3.78. The van der Waals surface area contributed by atoms with Crippen LogP contribution in [0.15, 0.2) is 83.3 Å². The number of hydrogen-bond acceptors (Lipinski definition) is 12. The summed E-state index contributed by atoms with van der Waals surface area (Å²) in [5, 5.41) is 8.82. The lowest BCUT2D eigenvalue weighted by molar-refractivity contribution is -0.171. The third-order valence-electron chi connectivity index (χ3n) is 10.1. The summed E-state index contributed by atoms with van der Waals surface area (Å²) < 4.78 is 22.2. The van der Waals surface area contributed by atoms with Crippen molar-refractivity contribution < 1.29 is 57.0 Å². The zero-order chi connectivity index (χ0) is 45.9. The second-order valence-electron chi connectivity index (χ2n) is 14.7. The van der Waals surface area contributed by atoms with E-state index < -0.39 is 47.7 Å². The first-order valence-corrected chi connectivity index (χ1v) is 20.9. The number of amides is 4. The second-order valence-corrected chi connectivity index (χ2v) is 14.7. The van der Waals surface area contributed by atoms with Crippen molar-refractivity contribution in [3.05, 3.63) is 107 Å². The maximum atomic E-state index is 13.7. The Bertz CT molecular complexity index is 2200. The second kappa shape index (κ2) is 24.5. The molecule has 1 aromatic heterocycles. The smallest absolute Gasteiger partial charge is 0.363 e. The largest absolute Gasteiger partial charge is 0.497 e. The minimum atomic E-state index is -1.24. The Morgan fingerprint density at radius 2 is 1.60 bits per heavy atom. The number of ketones is 1. The Balaban J connectivity index is 1.41. The van der Waals surface area contributed by atoms with Gasteiger partial charge in [0.15, 0.2) is 5.76 Å². The molecular weight excluding hydrogens is 813 g/mol. The van der Waals surface area contributed by atoms with E-state index in [-0.39, 0.29) is 60.5 Å². The van der Waals surface area contributed by atoms with E-state index in [0.29, 0.717) is 42.5 Å². The topological polar surface area (TPSA) is 209 Å². The van der Waals surface area contributed by atoms with Crippen LogP contribution in [0.5, 0.6) is 11.5 Å². The maximum Gasteiger partial charge on any atom is 0.363 e. The lowest BCUT2D eigenvalue weighted by Crippen LogP contribution is -2.49. The monoisotopic (exact) mass is 868 g/mol. The Labute approximate surface area is 366 Å². The molecule has 0 saturated heterocycles. The molecule has 0 spiro atoms. The van der Waals surface area contributed by atoms with Gasteiger partial charge in [-0.2, -0.15) is 5.06 Å². The molecule has 3 atom stereocenters. The van der Waals surface area contributed by atoms with Crippen molar-refractivity contribution in [3.8, 4) is 22.8 Å². The van der Waals surface area contributed by atoms with Crippen LogP contribution in [0.25, 0.3) is 11.3 Å². The molecule has 16 nitrogen and oxygen atoms in total. The predicted octanol–water partition coefficient (Wildman–Crippen LogP) is 6.49. The Hall–Kier alpha value is -6.97. The highest BCUT2D eigenvalue weighted by molar-refractivity contribution is 6.00. The van der Waals surface area contributed by atoms with Gasteiger partial charge in [-0.1, -0.05) is 69.5 Å². The summed E-state index contributed by atoms with van der Waals surface area (Å²) in [5.74, 6) is -3.47. The van der Waals surface area contributed by atoms with E-state index in [1.807, 2.05) is 13.0 Å². The van der Waals surface area contributed by atoms with Crippen molar-refractivity contribution in [2.45, 2.75) is 91.8 Å². The molecule has 4 aromatic rings. The van der Waals surface area contributed by atoms with Gasteiger partial charge in [0.05, 0.1) is 43.5 Å². The van der Waals surface area contributed by atoms with Crippen molar-refractivity contribution in [2.75, 3.05) is 20.4 Å². The third-order valence-corrected chi connectivity index (χ3v) is 10.1. The molecule has 0 bridgehead atoms. The molecule has 3 N–H and O–H groups in total. The Morgan fingerprint density at radius 3 is 2.25 bits per heavy atom. The molecule has 336 valence electrons. The molecule has 1 heterocycles. The number of nitrogens with one attached hydrogen (secondary N) is 3. The first-order valence-electron chi connectivity index (χ1n) is 20.9. The summed E-state index contributed by atoms with van der Waals surface area (Å²) in [6.07, 6.45) is 3.19. The molecule has 0 saturated carbocycles. The summed E-state index contributed by atoms with van der Waals surface area (Å²) >= 11 is 0. The zero-order valence-corrected chi connectivity index (χ0v) is 36.5. The van der Waals surface area contributed by atoms with E-state index >= 15 is 0 Å². The number of hydrogen-bond donors (Lipinski definition) is 3. The Kier molecular flexibility index (Phi) is 18.9. The lowest BCUT2D eigenvalue weighted by Gasteiger charge is -2.32. The standard InChI is InChI=1S/C47H56N4O12/c1-7-10-12-17-36(39(8-2)51(29-52)63-46(57)35-21-19-34(59-6)24-30(35)4)43(54)48-28-49-45(56)41-23-22-40(62-41)33-18-20-37(42(26-33)60-9-3)44(55)50-38(25-31(5)53)47(58)61-27-32-15-13-11-14-16-32/h11,13-16,18-24,26,29,36,38-39H,7-10,12,17,25,27-28H2,1-6H3,(H,48,54)(H,49,56)(H,50,55)/t36-,38+,39-/m1/s1. The van der Waals surface area contributed by atoms with Crippen molar-refractivity contribution in [3.63, 3.8) is 0 Å². The number of carbonyl (C=O) groups is 7. The summed E-state index contributed by atoms with van der Waals surface area (Å²) in [4.78, 5) is 96.3. The van der Waals surface area contributed by atoms with Crippen LogP contribution < -0.4 is 25.4 Å². The van der Waals surface area contributed by atoms with E-state index in [0.717, 1.165) is 23.5 Å². The fraction of sp³-hybridized carbons (Fsp3) is 0.383. The number of nitrogens with zero attached hydrogens (tertiary/aromatic N) is 1. The van der Waals surface area contributed by atoms with Crippen LogP contribution in [0.4, 0.5) is 0 Å². The number of hydroxylamine groups is 2. The molecule has 0 aliphatic rings. The first kappa shape index (κ1) is 48.7. The van der Waals surface area contributed by atoms with Gasteiger partial charge in [0.1, 0.15) is 35.7 Å². The molecule has 63 heavy (non-hydrogen) atoms. The van der Waals surface area contributed by atoms with Crippen molar-refractivity contribution >= 4 is 41.9 Å². The highest BCUT2D eigenvalue weighted by atomic mass is 16.7. The van der Waals surface area contributed by atoms with Gasteiger partial charge >= 0.3 is 11.9 Å². The number of methoxy groups -OCH3 is 1. The lowest BCUT2D eigenvalue weighted by atomic mass is 9.90. The van der Waals surface area contributed by atoms with Crippen LogP contribution in [-0.4, -0.2) is 79.4 Å². The first-order chi connectivity index (χ1) is 30.3. The van der Waals surface area contributed by atoms with Gasteiger partial charge in [0.2, 0.25) is 12.3 Å². The summed E-state index contributed by atoms with van der Waals surface area (Å²) in [7, 11) is 1.51. The van der Waals surface area contributed by atoms with Gasteiger partial charge in [0, 0.05) is 12.0 Å². The summed E-state index contributed by atoms with van der Waals surface area (Å²) in [6.45, 7) is 8.44. The molecule has 0 fully saturated rings. The van der Waals surface area contributed by atoms with Crippen LogP contribution in [0.3, 0.4) is 0 Å². The molecule has 0 radical (unpaired) electrons. The van der Waals surface area contributed by atoms with E-state index in [2.05, 4.69) is 16.0 Å². The van der Waals surface area contributed by atoms with E-state index in [9.17, 15) is 33.6 Å². The van der Waals surface area contributed by atoms with Crippen LogP contribution in [0.1, 0.15) is 109 Å². The minimum absolute atomic E-state index is 0.0339. The van der Waals surface area contributed by atoms with Gasteiger partial charge in [-0.05, 0) is 87.2 Å². The van der Waals surface area contributed by atoms with Crippen molar-refractivity contribution in [1.29, 1.82) is 0 Å². The van der Waals surface area contributed by atoms with Crippen molar-refractivity contribution in [1.82, 2.24) is 21.0 Å². The van der Waals surface area contributed by atoms with Gasteiger partial charge < -0.3 is 39.4 Å². The van der Waals surface area contributed by atoms with Crippen molar-refractivity contribution in [2.24, 2.45) is 5.92 Å². The maximum absolute atomic E-state index is 13.7. The number of unbranched alkanes of at least 4 members (excludes halogenated alkanes) is 2. The number of rotatable bonds is 25. The summed E-state index contributed by atoms with van der Waals surface area (Å²) in [6, 6.07) is 19.4. The summed E-state index contributed by atoms with van der Waals surface area (Å²) in [5.41, 5.74) is 2.12. The average molecular weight is 869 g/mol. The van der Waals surface area contributed by atoms with Crippen LogP contribution in [-0.2, 0) is 35.4 Å². The normalized spacial score (nSPS) is 12.2. The molecule has 0 unspecified atom stereocenters. The van der Waals surface area contributed by atoms with E-state index in [1.54, 1.807) is 75.4 Å².